The number of aryl methyl sites for hydroxylation is 1. The molecule has 90 valence electrons. The van der Waals surface area contributed by atoms with Gasteiger partial charge in [-0.1, -0.05) is 39.1 Å². The van der Waals surface area contributed by atoms with Crippen molar-refractivity contribution in [3.63, 3.8) is 0 Å². The van der Waals surface area contributed by atoms with Gasteiger partial charge in [-0.05, 0) is 25.0 Å². The molecule has 17 heavy (non-hydrogen) atoms. The lowest BCUT2D eigenvalue weighted by atomic mass is 10.1. The largest absolute Gasteiger partial charge is 0.342 e. The van der Waals surface area contributed by atoms with Gasteiger partial charge in [-0.25, -0.2) is 0 Å². The lowest BCUT2D eigenvalue weighted by Crippen LogP contribution is -2.31. The zero-order valence-electron chi connectivity index (χ0n) is 9.01. The molecular formula is C12H11BrCl2N2. The number of aromatic nitrogens is 1. The van der Waals surface area contributed by atoms with Crippen molar-refractivity contribution in [2.45, 2.75) is 25.4 Å². The van der Waals surface area contributed by atoms with Crippen LogP contribution in [-0.4, -0.2) is 10.6 Å². The van der Waals surface area contributed by atoms with Crippen molar-refractivity contribution >= 4 is 50.0 Å². The van der Waals surface area contributed by atoms with E-state index in [9.17, 15) is 0 Å². The molecule has 0 fully saturated rings. The molecule has 2 nitrogen and oxygen atoms in total. The van der Waals surface area contributed by atoms with Crippen LogP contribution in [-0.2, 0) is 13.0 Å². The minimum Gasteiger partial charge on any atom is -0.342 e. The Morgan fingerprint density at radius 3 is 2.88 bits per heavy atom. The van der Waals surface area contributed by atoms with Gasteiger partial charge in [0.1, 0.15) is 0 Å². The maximum absolute atomic E-state index is 6.31. The third-order valence-corrected chi connectivity index (χ3v) is 4.73. The van der Waals surface area contributed by atoms with E-state index < -0.39 is 0 Å². The summed E-state index contributed by atoms with van der Waals surface area (Å²) in [6.07, 6.45) is 2.02. The monoisotopic (exact) mass is 332 g/mol. The maximum Gasteiger partial charge on any atom is 0.0836 e. The van der Waals surface area contributed by atoms with Crippen LogP contribution < -0.4 is 5.73 Å². The summed E-state index contributed by atoms with van der Waals surface area (Å²) in [5.74, 6) is 0. The number of hydrogen-bond acceptors (Lipinski definition) is 1. The van der Waals surface area contributed by atoms with Crippen LogP contribution in [0.5, 0.6) is 0 Å². The molecule has 1 aromatic heterocycles. The third-order valence-electron chi connectivity index (χ3n) is 3.30. The van der Waals surface area contributed by atoms with Crippen LogP contribution in [0.1, 0.15) is 12.1 Å². The predicted molar refractivity (Wildman–Crippen MR) is 76.0 cm³/mol. The highest BCUT2D eigenvalue weighted by molar-refractivity contribution is 9.10. The topological polar surface area (TPSA) is 30.9 Å². The lowest BCUT2D eigenvalue weighted by Gasteiger charge is -2.22. The first kappa shape index (κ1) is 11.8. The van der Waals surface area contributed by atoms with Gasteiger partial charge in [0.25, 0.3) is 0 Å². The summed E-state index contributed by atoms with van der Waals surface area (Å²) in [7, 11) is 0. The van der Waals surface area contributed by atoms with E-state index >= 15 is 0 Å². The average Bonchev–Trinajstić information content (AvgIpc) is 2.65. The van der Waals surface area contributed by atoms with E-state index in [2.05, 4.69) is 26.6 Å². The first-order valence-corrected chi connectivity index (χ1v) is 7.04. The van der Waals surface area contributed by atoms with Gasteiger partial charge in [-0.3, -0.25) is 0 Å². The number of nitrogens with two attached hydrogens (primary N) is 1. The molecule has 2 N–H and O–H groups in total. The van der Waals surface area contributed by atoms with Gasteiger partial charge in [-0.15, -0.1) is 0 Å². The van der Waals surface area contributed by atoms with Gasteiger partial charge in [0.2, 0.25) is 0 Å². The molecule has 3 rings (SSSR count). The molecule has 0 saturated carbocycles. The first-order chi connectivity index (χ1) is 8.08. The predicted octanol–water partition coefficient (Wildman–Crippen LogP) is 3.98. The van der Waals surface area contributed by atoms with E-state index in [1.54, 1.807) is 0 Å². The Balaban J connectivity index is 2.37. The van der Waals surface area contributed by atoms with Crippen molar-refractivity contribution < 1.29 is 0 Å². The van der Waals surface area contributed by atoms with Crippen LogP contribution in [0.2, 0.25) is 10.0 Å². The van der Waals surface area contributed by atoms with Crippen molar-refractivity contribution in [2.24, 2.45) is 5.73 Å². The molecule has 0 bridgehead atoms. The van der Waals surface area contributed by atoms with Crippen molar-refractivity contribution in [1.82, 2.24) is 4.57 Å². The molecule has 0 saturated heterocycles. The van der Waals surface area contributed by atoms with E-state index in [1.807, 2.05) is 6.07 Å². The van der Waals surface area contributed by atoms with E-state index in [1.165, 1.54) is 5.69 Å². The molecule has 1 unspecified atom stereocenters. The van der Waals surface area contributed by atoms with Gasteiger partial charge in [0.05, 0.1) is 15.6 Å². The van der Waals surface area contributed by atoms with Crippen LogP contribution in [0.3, 0.4) is 0 Å². The lowest BCUT2D eigenvalue weighted by molar-refractivity contribution is 0.470. The average molecular weight is 334 g/mol. The number of hydrogen-bond donors (Lipinski definition) is 1. The van der Waals surface area contributed by atoms with Crippen molar-refractivity contribution in [3.8, 4) is 0 Å². The Bertz CT molecular complexity index is 606. The van der Waals surface area contributed by atoms with Crippen molar-refractivity contribution in [3.05, 3.63) is 32.3 Å². The molecule has 1 aliphatic rings. The van der Waals surface area contributed by atoms with Gasteiger partial charge >= 0.3 is 0 Å². The van der Waals surface area contributed by atoms with E-state index in [0.29, 0.717) is 10.0 Å². The second kappa shape index (κ2) is 4.16. The molecule has 0 radical (unpaired) electrons. The highest BCUT2D eigenvalue weighted by Gasteiger charge is 2.21. The quantitative estimate of drug-likeness (QED) is 0.726. The summed E-state index contributed by atoms with van der Waals surface area (Å²) in [6, 6.07) is 4.22. The van der Waals surface area contributed by atoms with Crippen LogP contribution in [0, 0.1) is 0 Å². The summed E-state index contributed by atoms with van der Waals surface area (Å²) in [5.41, 5.74) is 8.30. The van der Waals surface area contributed by atoms with E-state index in [0.717, 1.165) is 34.8 Å². The molecule has 2 heterocycles. The highest BCUT2D eigenvalue weighted by atomic mass is 79.9. The SMILES string of the molecule is NC1CCc2cc3c(Br)cc(Cl)c(Cl)c3n2C1. The van der Waals surface area contributed by atoms with E-state index in [4.69, 9.17) is 28.9 Å². The van der Waals surface area contributed by atoms with Gasteiger partial charge < -0.3 is 10.3 Å². The fourth-order valence-corrected chi connectivity index (χ4v) is 3.58. The van der Waals surface area contributed by atoms with Gasteiger partial charge in [0.15, 0.2) is 0 Å². The maximum atomic E-state index is 6.31. The van der Waals surface area contributed by atoms with E-state index in [-0.39, 0.29) is 6.04 Å². The molecular weight excluding hydrogens is 323 g/mol. The fourth-order valence-electron chi connectivity index (χ4n) is 2.46. The van der Waals surface area contributed by atoms with Crippen LogP contribution >= 0.6 is 39.1 Å². The minimum atomic E-state index is 0.201. The van der Waals surface area contributed by atoms with Crippen LogP contribution in [0.4, 0.5) is 0 Å². The van der Waals surface area contributed by atoms with Crippen LogP contribution in [0.15, 0.2) is 16.6 Å². The minimum absolute atomic E-state index is 0.201. The molecule has 0 spiro atoms. The number of fused-ring (bicyclic) bond motifs is 3. The van der Waals surface area contributed by atoms with Crippen LogP contribution in [0.25, 0.3) is 10.9 Å². The van der Waals surface area contributed by atoms with Crippen molar-refractivity contribution in [2.75, 3.05) is 0 Å². The fraction of sp³-hybridized carbons (Fsp3) is 0.333. The molecule has 5 heteroatoms. The zero-order valence-corrected chi connectivity index (χ0v) is 12.1. The summed E-state index contributed by atoms with van der Waals surface area (Å²) >= 11 is 16.0. The summed E-state index contributed by atoms with van der Waals surface area (Å²) in [4.78, 5) is 0. The third kappa shape index (κ3) is 1.80. The highest BCUT2D eigenvalue weighted by Crippen LogP contribution is 2.39. The Kier molecular flexibility index (Phi) is 2.90. The molecule has 0 aliphatic carbocycles. The molecule has 1 aliphatic heterocycles. The Labute approximate surface area is 118 Å². The Hall–Kier alpha value is -0.220. The second-order valence-corrected chi connectivity index (χ2v) is 6.10. The molecule has 0 amide bonds. The van der Waals surface area contributed by atoms with Crippen molar-refractivity contribution in [1.29, 1.82) is 0 Å². The summed E-state index contributed by atoms with van der Waals surface area (Å²) in [6.45, 7) is 0.811. The molecule has 1 atom stereocenters. The number of halogens is 3. The normalized spacial score (nSPS) is 19.6. The standard InChI is InChI=1S/C12H11BrCl2N2/c13-9-4-10(14)11(15)12-8(9)3-7-2-1-6(16)5-17(7)12/h3-4,6H,1-2,5,16H2. The van der Waals surface area contributed by atoms with Gasteiger partial charge in [-0.2, -0.15) is 0 Å². The molecule has 1 aromatic carbocycles. The number of benzene rings is 1. The number of rotatable bonds is 0. The first-order valence-electron chi connectivity index (χ1n) is 5.49. The Morgan fingerprint density at radius 2 is 2.12 bits per heavy atom. The smallest absolute Gasteiger partial charge is 0.0836 e. The number of nitrogens with zero attached hydrogens (tertiary/aromatic N) is 1. The zero-order chi connectivity index (χ0) is 12.2. The Morgan fingerprint density at radius 1 is 1.35 bits per heavy atom. The van der Waals surface area contributed by atoms with Gasteiger partial charge in [0, 0.05) is 28.1 Å². The second-order valence-electron chi connectivity index (χ2n) is 4.46. The summed E-state index contributed by atoms with van der Waals surface area (Å²) < 4.78 is 3.18. The molecule has 2 aromatic rings. The summed E-state index contributed by atoms with van der Waals surface area (Å²) in [5, 5.41) is 2.31.